The number of carbonyl (C=O) groups excluding carboxylic acids is 1. The molecule has 1 saturated carbocycles. The second-order valence-corrected chi connectivity index (χ2v) is 4.74. The standard InChI is InChI=1S/C14H20N2O2/c1-18-14-7-6-10(8-12(14)15)13(17)9-16-11-4-2-3-5-11/h6-8,11,16H,2-5,9,15H2,1H3. The van der Waals surface area contributed by atoms with Crippen LogP contribution < -0.4 is 15.8 Å². The van der Waals surface area contributed by atoms with Crippen LogP contribution in [0.2, 0.25) is 0 Å². The fourth-order valence-corrected chi connectivity index (χ4v) is 2.38. The van der Waals surface area contributed by atoms with Gasteiger partial charge in [-0.2, -0.15) is 0 Å². The number of carbonyl (C=O) groups is 1. The smallest absolute Gasteiger partial charge is 0.176 e. The number of ether oxygens (including phenoxy) is 1. The van der Waals surface area contributed by atoms with Gasteiger partial charge in [0.25, 0.3) is 0 Å². The summed E-state index contributed by atoms with van der Waals surface area (Å²) >= 11 is 0. The van der Waals surface area contributed by atoms with Crippen molar-refractivity contribution < 1.29 is 9.53 Å². The van der Waals surface area contributed by atoms with Gasteiger partial charge in [0.2, 0.25) is 0 Å². The minimum absolute atomic E-state index is 0.0799. The first-order valence-corrected chi connectivity index (χ1v) is 6.41. The van der Waals surface area contributed by atoms with Crippen molar-refractivity contribution in [1.82, 2.24) is 5.32 Å². The van der Waals surface area contributed by atoms with Crippen molar-refractivity contribution in [2.24, 2.45) is 0 Å². The fraction of sp³-hybridized carbons (Fsp3) is 0.500. The molecule has 0 aromatic heterocycles. The van der Waals surface area contributed by atoms with Crippen LogP contribution in [-0.2, 0) is 0 Å². The topological polar surface area (TPSA) is 64.3 Å². The van der Waals surface area contributed by atoms with Gasteiger partial charge in [0.1, 0.15) is 5.75 Å². The van der Waals surface area contributed by atoms with Gasteiger partial charge in [0.05, 0.1) is 19.3 Å². The summed E-state index contributed by atoms with van der Waals surface area (Å²) in [6, 6.07) is 5.67. The summed E-state index contributed by atoms with van der Waals surface area (Å²) in [5.74, 6) is 0.687. The average Bonchev–Trinajstić information content (AvgIpc) is 2.89. The molecule has 0 spiro atoms. The first kappa shape index (κ1) is 12.9. The molecule has 0 bridgehead atoms. The van der Waals surface area contributed by atoms with Crippen molar-refractivity contribution in [3.8, 4) is 5.75 Å². The van der Waals surface area contributed by atoms with E-state index in [0.29, 0.717) is 29.6 Å². The molecule has 2 rings (SSSR count). The molecule has 0 saturated heterocycles. The number of ketones is 1. The van der Waals surface area contributed by atoms with Crippen LogP contribution in [0.4, 0.5) is 5.69 Å². The molecule has 18 heavy (non-hydrogen) atoms. The van der Waals surface area contributed by atoms with Crippen molar-refractivity contribution in [3.63, 3.8) is 0 Å². The van der Waals surface area contributed by atoms with Crippen LogP contribution in [0.25, 0.3) is 0 Å². The van der Waals surface area contributed by atoms with E-state index in [9.17, 15) is 4.79 Å². The van der Waals surface area contributed by atoms with Crippen molar-refractivity contribution in [2.75, 3.05) is 19.4 Å². The second kappa shape index (κ2) is 5.87. The predicted octanol–water partition coefficient (Wildman–Crippen LogP) is 1.99. The molecule has 0 amide bonds. The Morgan fingerprint density at radius 3 is 2.78 bits per heavy atom. The second-order valence-electron chi connectivity index (χ2n) is 4.74. The molecule has 4 nitrogen and oxygen atoms in total. The monoisotopic (exact) mass is 248 g/mol. The van der Waals surface area contributed by atoms with Gasteiger partial charge in [-0.15, -0.1) is 0 Å². The van der Waals surface area contributed by atoms with Gasteiger partial charge >= 0.3 is 0 Å². The van der Waals surface area contributed by atoms with E-state index in [1.165, 1.54) is 25.7 Å². The van der Waals surface area contributed by atoms with Crippen LogP contribution in [0.15, 0.2) is 18.2 Å². The van der Waals surface area contributed by atoms with Gasteiger partial charge in [-0.05, 0) is 31.0 Å². The number of benzene rings is 1. The number of nitrogens with one attached hydrogen (secondary N) is 1. The van der Waals surface area contributed by atoms with E-state index < -0.39 is 0 Å². The van der Waals surface area contributed by atoms with Crippen LogP contribution in [0, 0.1) is 0 Å². The molecule has 0 aliphatic heterocycles. The molecule has 0 radical (unpaired) electrons. The third kappa shape index (κ3) is 3.01. The van der Waals surface area contributed by atoms with Crippen LogP contribution in [0.5, 0.6) is 5.75 Å². The molecule has 0 atom stereocenters. The van der Waals surface area contributed by atoms with E-state index in [1.54, 1.807) is 25.3 Å². The molecule has 1 fully saturated rings. The molecule has 1 aromatic carbocycles. The van der Waals surface area contributed by atoms with E-state index in [-0.39, 0.29) is 5.78 Å². The zero-order valence-electron chi connectivity index (χ0n) is 10.7. The lowest BCUT2D eigenvalue weighted by Gasteiger charge is -2.11. The zero-order chi connectivity index (χ0) is 13.0. The number of nitrogens with two attached hydrogens (primary N) is 1. The highest BCUT2D eigenvalue weighted by atomic mass is 16.5. The average molecular weight is 248 g/mol. The quantitative estimate of drug-likeness (QED) is 0.618. The Labute approximate surface area is 108 Å². The fourth-order valence-electron chi connectivity index (χ4n) is 2.38. The maximum Gasteiger partial charge on any atom is 0.176 e. The Bertz CT molecular complexity index is 426. The van der Waals surface area contributed by atoms with Crippen LogP contribution in [0.1, 0.15) is 36.0 Å². The number of rotatable bonds is 5. The maximum absolute atomic E-state index is 12.0. The summed E-state index contributed by atoms with van der Waals surface area (Å²) in [5, 5.41) is 3.31. The first-order valence-electron chi connectivity index (χ1n) is 6.41. The Kier molecular flexibility index (Phi) is 4.20. The summed E-state index contributed by atoms with van der Waals surface area (Å²) in [6.45, 7) is 0.385. The summed E-state index contributed by atoms with van der Waals surface area (Å²) < 4.78 is 5.07. The van der Waals surface area contributed by atoms with E-state index in [1.807, 2.05) is 0 Å². The zero-order valence-corrected chi connectivity index (χ0v) is 10.7. The summed E-state index contributed by atoms with van der Waals surface area (Å²) in [7, 11) is 1.56. The van der Waals surface area contributed by atoms with Gasteiger partial charge in [-0.1, -0.05) is 12.8 Å². The van der Waals surface area contributed by atoms with Gasteiger partial charge in [0, 0.05) is 11.6 Å². The molecular formula is C14H20N2O2. The van der Waals surface area contributed by atoms with Crippen molar-refractivity contribution in [3.05, 3.63) is 23.8 Å². The van der Waals surface area contributed by atoms with Crippen molar-refractivity contribution in [1.29, 1.82) is 0 Å². The highest BCUT2D eigenvalue weighted by Crippen LogP contribution is 2.22. The molecule has 3 N–H and O–H groups in total. The van der Waals surface area contributed by atoms with E-state index >= 15 is 0 Å². The normalized spacial score (nSPS) is 15.8. The minimum atomic E-state index is 0.0799. The largest absolute Gasteiger partial charge is 0.495 e. The van der Waals surface area contributed by atoms with Crippen LogP contribution in [0.3, 0.4) is 0 Å². The summed E-state index contributed by atoms with van der Waals surface area (Å²) in [5.41, 5.74) is 6.93. The lowest BCUT2D eigenvalue weighted by Crippen LogP contribution is -2.31. The number of methoxy groups -OCH3 is 1. The van der Waals surface area contributed by atoms with E-state index in [4.69, 9.17) is 10.5 Å². The van der Waals surface area contributed by atoms with Gasteiger partial charge in [-0.25, -0.2) is 0 Å². The summed E-state index contributed by atoms with van der Waals surface area (Å²) in [6.07, 6.45) is 4.89. The molecule has 1 aliphatic carbocycles. The molecule has 0 heterocycles. The Morgan fingerprint density at radius 2 is 2.17 bits per heavy atom. The van der Waals surface area contributed by atoms with Gasteiger partial charge in [0.15, 0.2) is 5.78 Å². The van der Waals surface area contributed by atoms with Gasteiger partial charge < -0.3 is 15.8 Å². The number of hydrogen-bond acceptors (Lipinski definition) is 4. The molecule has 98 valence electrons. The Morgan fingerprint density at radius 1 is 1.44 bits per heavy atom. The number of nitrogen functional groups attached to an aromatic ring is 1. The van der Waals surface area contributed by atoms with Crippen LogP contribution in [-0.4, -0.2) is 25.5 Å². The van der Waals surface area contributed by atoms with Crippen molar-refractivity contribution >= 4 is 11.5 Å². The minimum Gasteiger partial charge on any atom is -0.495 e. The number of hydrogen-bond donors (Lipinski definition) is 2. The Hall–Kier alpha value is -1.55. The third-order valence-electron chi connectivity index (χ3n) is 3.46. The Balaban J connectivity index is 1.93. The van der Waals surface area contributed by atoms with Crippen LogP contribution >= 0.6 is 0 Å². The SMILES string of the molecule is COc1ccc(C(=O)CNC2CCCC2)cc1N. The van der Waals surface area contributed by atoms with Gasteiger partial charge in [-0.3, -0.25) is 4.79 Å². The molecular weight excluding hydrogens is 228 g/mol. The molecule has 0 unspecified atom stereocenters. The summed E-state index contributed by atoms with van der Waals surface area (Å²) in [4.78, 5) is 12.0. The van der Waals surface area contributed by atoms with Crippen molar-refractivity contribution in [2.45, 2.75) is 31.7 Å². The molecule has 4 heteroatoms. The number of anilines is 1. The lowest BCUT2D eigenvalue weighted by atomic mass is 10.1. The van der Waals surface area contributed by atoms with E-state index in [2.05, 4.69) is 5.32 Å². The maximum atomic E-state index is 12.0. The third-order valence-corrected chi connectivity index (χ3v) is 3.46. The molecule has 1 aliphatic rings. The predicted molar refractivity (Wildman–Crippen MR) is 72.0 cm³/mol. The lowest BCUT2D eigenvalue weighted by molar-refractivity contribution is 0.0987. The highest BCUT2D eigenvalue weighted by molar-refractivity contribution is 5.98. The number of Topliss-reactive ketones (excluding diaryl/α,β-unsaturated/α-hetero) is 1. The first-order chi connectivity index (χ1) is 8.70. The molecule has 1 aromatic rings. The highest BCUT2D eigenvalue weighted by Gasteiger charge is 2.16. The van der Waals surface area contributed by atoms with E-state index in [0.717, 1.165) is 0 Å².